The molecule has 1 aromatic heterocycles. The second-order valence-corrected chi connectivity index (χ2v) is 6.37. The summed E-state index contributed by atoms with van der Waals surface area (Å²) in [6.45, 7) is 5.11. The van der Waals surface area contributed by atoms with Crippen LogP contribution in [0.3, 0.4) is 0 Å². The lowest BCUT2D eigenvalue weighted by molar-refractivity contribution is 0.363. The highest BCUT2D eigenvalue weighted by Gasteiger charge is 2.20. The maximum atomic E-state index is 5.50. The second-order valence-electron chi connectivity index (χ2n) is 5.37. The monoisotopic (exact) mass is 299 g/mol. The van der Waals surface area contributed by atoms with E-state index < -0.39 is 0 Å². The van der Waals surface area contributed by atoms with Crippen LogP contribution in [0.5, 0.6) is 5.75 Å². The molecule has 0 radical (unpaired) electrons. The van der Waals surface area contributed by atoms with E-state index in [0.717, 1.165) is 12.3 Å². The fourth-order valence-corrected chi connectivity index (χ4v) is 3.79. The van der Waals surface area contributed by atoms with Crippen LogP contribution in [-0.4, -0.2) is 6.61 Å². The maximum absolute atomic E-state index is 5.50. The molecule has 1 aliphatic rings. The molecule has 21 heavy (non-hydrogen) atoms. The zero-order valence-electron chi connectivity index (χ0n) is 12.2. The Morgan fingerprint density at radius 2 is 2.14 bits per heavy atom. The maximum Gasteiger partial charge on any atom is 0.119 e. The molecule has 1 aromatic carbocycles. The Morgan fingerprint density at radius 1 is 1.29 bits per heavy atom. The Morgan fingerprint density at radius 3 is 2.95 bits per heavy atom. The first kappa shape index (κ1) is 14.4. The summed E-state index contributed by atoms with van der Waals surface area (Å²) in [5.74, 6) is 0.899. The van der Waals surface area contributed by atoms with Gasteiger partial charge in [-0.1, -0.05) is 24.8 Å². The Bertz CT molecular complexity index is 588. The average molecular weight is 299 g/mol. The normalized spacial score (nSPS) is 17.2. The number of hydrogen-bond donors (Lipinski definition) is 1. The number of nitrogens with one attached hydrogen (secondary N) is 1. The van der Waals surface area contributed by atoms with E-state index in [9.17, 15) is 0 Å². The van der Waals surface area contributed by atoms with E-state index in [1.807, 2.05) is 23.5 Å². The molecule has 0 bridgehead atoms. The van der Waals surface area contributed by atoms with E-state index >= 15 is 0 Å². The van der Waals surface area contributed by atoms with E-state index in [2.05, 4.69) is 35.5 Å². The van der Waals surface area contributed by atoms with Crippen LogP contribution in [0.15, 0.2) is 48.4 Å². The van der Waals surface area contributed by atoms with Crippen molar-refractivity contribution in [2.24, 2.45) is 0 Å². The number of ether oxygens (including phenoxy) is 1. The van der Waals surface area contributed by atoms with Gasteiger partial charge in [0.2, 0.25) is 0 Å². The third-order valence-electron chi connectivity index (χ3n) is 3.90. The van der Waals surface area contributed by atoms with Gasteiger partial charge in [-0.25, -0.2) is 0 Å². The van der Waals surface area contributed by atoms with Crippen molar-refractivity contribution < 1.29 is 4.74 Å². The summed E-state index contributed by atoms with van der Waals surface area (Å²) < 4.78 is 5.50. The molecular formula is C18H21NOS. The summed E-state index contributed by atoms with van der Waals surface area (Å²) in [6, 6.07) is 11.1. The third kappa shape index (κ3) is 3.55. The average Bonchev–Trinajstić information content (AvgIpc) is 3.01. The summed E-state index contributed by atoms with van der Waals surface area (Å²) in [6.07, 6.45) is 5.54. The highest BCUT2D eigenvalue weighted by atomic mass is 32.1. The first-order chi connectivity index (χ1) is 10.4. The van der Waals surface area contributed by atoms with Crippen LogP contribution in [-0.2, 0) is 13.0 Å². The van der Waals surface area contributed by atoms with E-state index in [0.29, 0.717) is 12.6 Å². The quantitative estimate of drug-likeness (QED) is 0.794. The van der Waals surface area contributed by atoms with Crippen LogP contribution in [0.4, 0.5) is 0 Å². The van der Waals surface area contributed by atoms with Gasteiger partial charge in [0.05, 0.1) is 0 Å². The zero-order valence-corrected chi connectivity index (χ0v) is 13.0. The zero-order chi connectivity index (χ0) is 14.5. The van der Waals surface area contributed by atoms with Crippen molar-refractivity contribution in [1.29, 1.82) is 0 Å². The van der Waals surface area contributed by atoms with Gasteiger partial charge in [0, 0.05) is 17.5 Å². The van der Waals surface area contributed by atoms with Crippen LogP contribution < -0.4 is 10.1 Å². The summed E-state index contributed by atoms with van der Waals surface area (Å²) in [5.41, 5.74) is 2.81. The SMILES string of the molecule is C=CCOc1ccc(CNC2CCCc3sccc32)cc1. The molecule has 1 unspecified atom stereocenters. The van der Waals surface area contributed by atoms with Gasteiger partial charge < -0.3 is 10.1 Å². The number of hydrogen-bond acceptors (Lipinski definition) is 3. The van der Waals surface area contributed by atoms with Gasteiger partial charge in [-0.05, 0) is 54.0 Å². The number of aryl methyl sites for hydroxylation is 1. The lowest BCUT2D eigenvalue weighted by atomic mass is 9.94. The minimum absolute atomic E-state index is 0.511. The summed E-state index contributed by atoms with van der Waals surface area (Å²) in [4.78, 5) is 1.56. The molecule has 1 N–H and O–H groups in total. The van der Waals surface area contributed by atoms with Crippen molar-refractivity contribution in [2.75, 3.05) is 6.61 Å². The van der Waals surface area contributed by atoms with Crippen molar-refractivity contribution in [2.45, 2.75) is 31.8 Å². The highest BCUT2D eigenvalue weighted by molar-refractivity contribution is 7.10. The molecule has 2 nitrogen and oxygen atoms in total. The van der Waals surface area contributed by atoms with Gasteiger partial charge in [0.15, 0.2) is 0 Å². The summed E-state index contributed by atoms with van der Waals surface area (Å²) in [7, 11) is 0. The lowest BCUT2D eigenvalue weighted by Gasteiger charge is -2.24. The van der Waals surface area contributed by atoms with Crippen molar-refractivity contribution >= 4 is 11.3 Å². The molecular weight excluding hydrogens is 278 g/mol. The second kappa shape index (κ2) is 6.92. The predicted molar refractivity (Wildman–Crippen MR) is 89.0 cm³/mol. The lowest BCUT2D eigenvalue weighted by Crippen LogP contribution is -2.23. The molecule has 0 fully saturated rings. The number of benzene rings is 1. The van der Waals surface area contributed by atoms with Gasteiger partial charge in [-0.2, -0.15) is 0 Å². The van der Waals surface area contributed by atoms with Gasteiger partial charge in [-0.15, -0.1) is 11.3 Å². The number of thiophene rings is 1. The first-order valence-electron chi connectivity index (χ1n) is 7.49. The largest absolute Gasteiger partial charge is 0.490 e. The molecule has 0 saturated heterocycles. The Kier molecular flexibility index (Phi) is 4.73. The molecule has 0 spiro atoms. The smallest absolute Gasteiger partial charge is 0.119 e. The number of fused-ring (bicyclic) bond motifs is 1. The van der Waals surface area contributed by atoms with Crippen molar-refractivity contribution in [1.82, 2.24) is 5.32 Å². The third-order valence-corrected chi connectivity index (χ3v) is 4.89. The molecule has 1 heterocycles. The van der Waals surface area contributed by atoms with Crippen LogP contribution in [0.1, 0.15) is 34.9 Å². The topological polar surface area (TPSA) is 21.3 Å². The molecule has 0 saturated carbocycles. The number of rotatable bonds is 6. The molecule has 1 aliphatic carbocycles. The van der Waals surface area contributed by atoms with Crippen LogP contribution in [0.25, 0.3) is 0 Å². The van der Waals surface area contributed by atoms with E-state index in [1.165, 1.54) is 30.4 Å². The van der Waals surface area contributed by atoms with Crippen molar-refractivity contribution in [3.63, 3.8) is 0 Å². The van der Waals surface area contributed by atoms with E-state index in [4.69, 9.17) is 4.74 Å². The first-order valence-corrected chi connectivity index (χ1v) is 8.37. The molecule has 1 atom stereocenters. The van der Waals surface area contributed by atoms with Gasteiger partial charge in [0.25, 0.3) is 0 Å². The molecule has 110 valence electrons. The molecule has 0 amide bonds. The van der Waals surface area contributed by atoms with Gasteiger partial charge >= 0.3 is 0 Å². The summed E-state index contributed by atoms with van der Waals surface area (Å²) >= 11 is 1.90. The summed E-state index contributed by atoms with van der Waals surface area (Å²) in [5, 5.41) is 5.91. The Labute approximate surface area is 130 Å². The fraction of sp³-hybridized carbons (Fsp3) is 0.333. The van der Waals surface area contributed by atoms with Crippen LogP contribution >= 0.6 is 11.3 Å². The predicted octanol–water partition coefficient (Wildman–Crippen LogP) is 4.48. The Balaban J connectivity index is 1.57. The standard InChI is InChI=1S/C18H21NOS/c1-2-11-20-15-8-6-14(7-9-15)13-19-17-4-3-5-18-16(17)10-12-21-18/h2,6-10,12,17,19H,1,3-5,11,13H2. The Hall–Kier alpha value is -1.58. The minimum Gasteiger partial charge on any atom is -0.490 e. The van der Waals surface area contributed by atoms with Crippen molar-refractivity contribution in [3.8, 4) is 5.75 Å². The van der Waals surface area contributed by atoms with Gasteiger partial charge in [-0.3, -0.25) is 0 Å². The minimum atomic E-state index is 0.511. The molecule has 2 aromatic rings. The van der Waals surface area contributed by atoms with Gasteiger partial charge in [0.1, 0.15) is 12.4 Å². The van der Waals surface area contributed by atoms with Crippen LogP contribution in [0.2, 0.25) is 0 Å². The molecule has 0 aliphatic heterocycles. The molecule has 3 rings (SSSR count). The van der Waals surface area contributed by atoms with E-state index in [1.54, 1.807) is 11.0 Å². The van der Waals surface area contributed by atoms with Crippen LogP contribution in [0, 0.1) is 0 Å². The van der Waals surface area contributed by atoms with Crippen molar-refractivity contribution in [3.05, 3.63) is 64.4 Å². The molecule has 3 heteroatoms. The fourth-order valence-electron chi connectivity index (χ4n) is 2.80. The highest BCUT2D eigenvalue weighted by Crippen LogP contribution is 2.33. The van der Waals surface area contributed by atoms with E-state index in [-0.39, 0.29) is 0 Å².